The second-order valence-corrected chi connectivity index (χ2v) is 5.70. The average molecular weight is 332 g/mol. The lowest BCUT2D eigenvalue weighted by Gasteiger charge is -2.07. The lowest BCUT2D eigenvalue weighted by atomic mass is 10.1. The number of hydrogen-bond acceptors (Lipinski definition) is 4. The second kappa shape index (κ2) is 12.3. The molecule has 1 aromatic rings. The topological polar surface area (TPSA) is 52.6 Å². The van der Waals surface area contributed by atoms with Gasteiger partial charge in [-0.05, 0) is 37.5 Å². The molecule has 0 bridgehead atoms. The molecule has 132 valence electrons. The van der Waals surface area contributed by atoms with Crippen LogP contribution in [0.1, 0.15) is 72.6 Å². The van der Waals surface area contributed by atoms with Crippen molar-refractivity contribution in [3.8, 4) is 0 Å². The van der Waals surface area contributed by atoms with E-state index in [1.807, 2.05) is 0 Å². The Bertz CT molecular complexity index is 522. The van der Waals surface area contributed by atoms with Gasteiger partial charge in [0.15, 0.2) is 0 Å². The summed E-state index contributed by atoms with van der Waals surface area (Å²) in [6.45, 7) is 6.54. The van der Waals surface area contributed by atoms with E-state index in [0.717, 1.165) is 25.7 Å². The van der Waals surface area contributed by atoms with E-state index in [-0.39, 0.29) is 0 Å². The summed E-state index contributed by atoms with van der Waals surface area (Å²) in [7, 11) is 0. The quantitative estimate of drug-likeness (QED) is 0.309. The molecular weight excluding hydrogens is 304 g/mol. The summed E-state index contributed by atoms with van der Waals surface area (Å²) < 4.78 is 10.4. The fourth-order valence-electron chi connectivity index (χ4n) is 2.20. The van der Waals surface area contributed by atoms with Crippen LogP contribution >= 0.6 is 0 Å². The maximum Gasteiger partial charge on any atom is 0.338 e. The highest BCUT2D eigenvalue weighted by Gasteiger charge is 2.12. The molecule has 0 aliphatic heterocycles. The van der Waals surface area contributed by atoms with Crippen LogP contribution in [0.5, 0.6) is 0 Å². The molecule has 24 heavy (non-hydrogen) atoms. The number of hydrogen-bond donors (Lipinski definition) is 0. The molecule has 0 atom stereocenters. The van der Waals surface area contributed by atoms with Gasteiger partial charge in [-0.2, -0.15) is 0 Å². The van der Waals surface area contributed by atoms with E-state index in [2.05, 4.69) is 13.5 Å². The molecule has 4 heteroatoms. The maximum atomic E-state index is 12.0. The first-order valence-electron chi connectivity index (χ1n) is 8.74. The molecule has 0 amide bonds. The molecular formula is C20H28O4. The largest absolute Gasteiger partial charge is 0.462 e. The molecule has 0 aromatic heterocycles. The fourth-order valence-corrected chi connectivity index (χ4v) is 2.20. The van der Waals surface area contributed by atoms with Crippen molar-refractivity contribution in [1.82, 2.24) is 0 Å². The fraction of sp³-hybridized carbons (Fsp3) is 0.500. The molecule has 0 saturated carbocycles. The number of unbranched alkanes of at least 4 members (excludes halogenated alkanes) is 5. The van der Waals surface area contributed by atoms with E-state index < -0.39 is 11.9 Å². The molecule has 0 radical (unpaired) electrons. The third-order valence-corrected chi connectivity index (χ3v) is 3.60. The van der Waals surface area contributed by atoms with Crippen LogP contribution in [-0.4, -0.2) is 25.2 Å². The lowest BCUT2D eigenvalue weighted by molar-refractivity contribution is 0.0497. The smallest absolute Gasteiger partial charge is 0.338 e. The first-order chi connectivity index (χ1) is 11.7. The Morgan fingerprint density at radius 3 is 2.12 bits per heavy atom. The lowest BCUT2D eigenvalue weighted by Crippen LogP contribution is -2.10. The first-order valence-corrected chi connectivity index (χ1v) is 8.74. The van der Waals surface area contributed by atoms with Gasteiger partial charge in [0.1, 0.15) is 0 Å². The summed E-state index contributed by atoms with van der Waals surface area (Å²) in [6, 6.07) is 6.47. The molecule has 0 heterocycles. The van der Waals surface area contributed by atoms with Gasteiger partial charge in [0.2, 0.25) is 0 Å². The van der Waals surface area contributed by atoms with Crippen molar-refractivity contribution < 1.29 is 19.1 Å². The molecule has 0 spiro atoms. The summed E-state index contributed by atoms with van der Waals surface area (Å²) >= 11 is 0. The highest BCUT2D eigenvalue weighted by Crippen LogP contribution is 2.10. The number of carbonyl (C=O) groups is 2. The Morgan fingerprint density at radius 1 is 0.958 bits per heavy atom. The van der Waals surface area contributed by atoms with Crippen molar-refractivity contribution in [2.24, 2.45) is 0 Å². The normalized spacial score (nSPS) is 10.2. The number of ether oxygens (including phenoxy) is 2. The summed E-state index contributed by atoms with van der Waals surface area (Å²) in [5, 5.41) is 0. The van der Waals surface area contributed by atoms with Gasteiger partial charge in [0.05, 0.1) is 24.3 Å². The number of rotatable bonds is 12. The van der Waals surface area contributed by atoms with Crippen molar-refractivity contribution >= 4 is 11.9 Å². The van der Waals surface area contributed by atoms with Gasteiger partial charge < -0.3 is 9.47 Å². The van der Waals surface area contributed by atoms with Crippen molar-refractivity contribution in [2.75, 3.05) is 13.2 Å². The van der Waals surface area contributed by atoms with E-state index in [1.54, 1.807) is 24.3 Å². The van der Waals surface area contributed by atoms with E-state index in [9.17, 15) is 9.59 Å². The van der Waals surface area contributed by atoms with Gasteiger partial charge in [0.25, 0.3) is 0 Å². The Balaban J connectivity index is 2.41. The summed E-state index contributed by atoms with van der Waals surface area (Å²) in [5.41, 5.74) is 0.745. The molecule has 4 nitrogen and oxygen atoms in total. The first kappa shape index (κ1) is 19.9. The predicted molar refractivity (Wildman–Crippen MR) is 95.2 cm³/mol. The minimum Gasteiger partial charge on any atom is -0.462 e. The maximum absolute atomic E-state index is 12.0. The Morgan fingerprint density at radius 2 is 1.54 bits per heavy atom. The summed E-state index contributed by atoms with van der Waals surface area (Å²) in [6.07, 6.45) is 8.84. The van der Waals surface area contributed by atoms with E-state index in [4.69, 9.17) is 9.47 Å². The minimum atomic E-state index is -0.423. The molecule has 0 aliphatic rings. The van der Waals surface area contributed by atoms with E-state index in [0.29, 0.717) is 24.3 Å². The van der Waals surface area contributed by atoms with Crippen molar-refractivity contribution in [3.63, 3.8) is 0 Å². The second-order valence-electron chi connectivity index (χ2n) is 5.70. The SMILES string of the molecule is C=CCCCOC(=O)c1cccc(C(=O)OCCCCCCC)c1. The molecule has 0 N–H and O–H groups in total. The molecule has 0 fully saturated rings. The van der Waals surface area contributed by atoms with Crippen molar-refractivity contribution in [3.05, 3.63) is 48.0 Å². The highest BCUT2D eigenvalue weighted by molar-refractivity contribution is 5.95. The van der Waals surface area contributed by atoms with Crippen LogP contribution in [0.3, 0.4) is 0 Å². The van der Waals surface area contributed by atoms with Gasteiger partial charge in [-0.25, -0.2) is 9.59 Å². The Labute approximate surface area is 144 Å². The third kappa shape index (κ3) is 7.95. The van der Waals surface area contributed by atoms with Crippen molar-refractivity contribution in [2.45, 2.75) is 51.9 Å². The number of esters is 2. The standard InChI is InChI=1S/C20H28O4/c1-3-5-7-8-10-15-24-20(22)18-13-11-12-17(16-18)19(21)23-14-9-6-4-2/h4,11-13,16H,2-3,5-10,14-15H2,1H3. The van der Waals surface area contributed by atoms with Gasteiger partial charge >= 0.3 is 11.9 Å². The molecule has 1 aromatic carbocycles. The van der Waals surface area contributed by atoms with Crippen LogP contribution in [0.15, 0.2) is 36.9 Å². The molecule has 0 aliphatic carbocycles. The van der Waals surface area contributed by atoms with E-state index >= 15 is 0 Å². The predicted octanol–water partition coefficient (Wildman–Crippen LogP) is 4.94. The van der Waals surface area contributed by atoms with Crippen LogP contribution in [0.25, 0.3) is 0 Å². The molecule has 1 rings (SSSR count). The van der Waals surface area contributed by atoms with Gasteiger partial charge in [-0.3, -0.25) is 0 Å². The zero-order valence-corrected chi connectivity index (χ0v) is 14.6. The molecule has 0 unspecified atom stereocenters. The average Bonchev–Trinajstić information content (AvgIpc) is 2.61. The highest BCUT2D eigenvalue weighted by atomic mass is 16.5. The summed E-state index contributed by atoms with van der Waals surface area (Å²) in [4.78, 5) is 24.0. The van der Waals surface area contributed by atoms with E-state index in [1.165, 1.54) is 25.3 Å². The van der Waals surface area contributed by atoms with Crippen LogP contribution in [-0.2, 0) is 9.47 Å². The van der Waals surface area contributed by atoms with Crippen LogP contribution < -0.4 is 0 Å². The van der Waals surface area contributed by atoms with Crippen LogP contribution in [0, 0.1) is 0 Å². The molecule has 0 saturated heterocycles. The summed E-state index contributed by atoms with van der Waals surface area (Å²) in [5.74, 6) is -0.819. The zero-order valence-electron chi connectivity index (χ0n) is 14.6. The van der Waals surface area contributed by atoms with Gasteiger partial charge in [-0.15, -0.1) is 6.58 Å². The third-order valence-electron chi connectivity index (χ3n) is 3.60. The monoisotopic (exact) mass is 332 g/mol. The van der Waals surface area contributed by atoms with Crippen molar-refractivity contribution in [1.29, 1.82) is 0 Å². The van der Waals surface area contributed by atoms with Gasteiger partial charge in [-0.1, -0.05) is 44.7 Å². The number of allylic oxidation sites excluding steroid dienone is 1. The minimum absolute atomic E-state index is 0.345. The Kier molecular flexibility index (Phi) is 10.3. The Hall–Kier alpha value is -2.10. The number of carbonyl (C=O) groups excluding carboxylic acids is 2. The number of benzene rings is 1. The van der Waals surface area contributed by atoms with Crippen LogP contribution in [0.4, 0.5) is 0 Å². The van der Waals surface area contributed by atoms with Gasteiger partial charge in [0, 0.05) is 0 Å². The zero-order chi connectivity index (χ0) is 17.6. The van der Waals surface area contributed by atoms with Crippen LogP contribution in [0.2, 0.25) is 0 Å².